The first-order valence-corrected chi connectivity index (χ1v) is 6.76. The van der Waals surface area contributed by atoms with Crippen molar-refractivity contribution < 1.29 is 13.6 Å². The molecule has 4 nitrogen and oxygen atoms in total. The van der Waals surface area contributed by atoms with Crippen LogP contribution in [0.3, 0.4) is 0 Å². The molecule has 1 heterocycles. The second kappa shape index (κ2) is 5.98. The van der Waals surface area contributed by atoms with E-state index in [1.807, 2.05) is 22.3 Å². The van der Waals surface area contributed by atoms with E-state index in [1.54, 1.807) is 6.92 Å². The summed E-state index contributed by atoms with van der Waals surface area (Å²) in [6.45, 7) is 1.79. The summed E-state index contributed by atoms with van der Waals surface area (Å²) in [7, 11) is 0. The Hall–Kier alpha value is -1.99. The van der Waals surface area contributed by atoms with E-state index in [4.69, 9.17) is 5.84 Å². The standard InChI is InChI=1S/C13H13F2N3OS/c1-7(8-2-3-20-6-8)17-13(19)9-4-10(14)12(18-16)11(15)5-9/h2-7,18H,16H2,1H3,(H,17,19). The highest BCUT2D eigenvalue weighted by Gasteiger charge is 2.16. The van der Waals surface area contributed by atoms with Gasteiger partial charge in [-0.25, -0.2) is 8.78 Å². The van der Waals surface area contributed by atoms with Crippen LogP contribution < -0.4 is 16.6 Å². The van der Waals surface area contributed by atoms with Crippen molar-refractivity contribution in [2.24, 2.45) is 5.84 Å². The van der Waals surface area contributed by atoms with Crippen LogP contribution in [0, 0.1) is 11.6 Å². The van der Waals surface area contributed by atoms with Gasteiger partial charge in [0.15, 0.2) is 11.6 Å². The van der Waals surface area contributed by atoms with Crippen molar-refractivity contribution in [3.63, 3.8) is 0 Å². The van der Waals surface area contributed by atoms with Crippen LogP contribution in [0.25, 0.3) is 0 Å². The molecule has 1 amide bonds. The molecule has 0 aliphatic rings. The van der Waals surface area contributed by atoms with Crippen LogP contribution in [-0.4, -0.2) is 5.91 Å². The van der Waals surface area contributed by atoms with Gasteiger partial charge < -0.3 is 10.7 Å². The van der Waals surface area contributed by atoms with Crippen molar-refractivity contribution >= 4 is 22.9 Å². The van der Waals surface area contributed by atoms with Crippen molar-refractivity contribution in [2.45, 2.75) is 13.0 Å². The third-order valence-electron chi connectivity index (χ3n) is 2.84. The molecule has 0 fully saturated rings. The topological polar surface area (TPSA) is 67.2 Å². The number of amides is 1. The van der Waals surface area contributed by atoms with Gasteiger partial charge in [0.1, 0.15) is 5.69 Å². The normalized spacial score (nSPS) is 12.0. The Balaban J connectivity index is 2.17. The first-order chi connectivity index (χ1) is 9.52. The van der Waals surface area contributed by atoms with E-state index in [0.29, 0.717) is 0 Å². The Labute approximate surface area is 118 Å². The van der Waals surface area contributed by atoms with E-state index in [9.17, 15) is 13.6 Å². The van der Waals surface area contributed by atoms with Crippen LogP contribution in [0.5, 0.6) is 0 Å². The van der Waals surface area contributed by atoms with E-state index >= 15 is 0 Å². The fraction of sp³-hybridized carbons (Fsp3) is 0.154. The van der Waals surface area contributed by atoms with Crippen molar-refractivity contribution in [2.75, 3.05) is 5.43 Å². The fourth-order valence-corrected chi connectivity index (χ4v) is 2.48. The molecule has 0 spiro atoms. The van der Waals surface area contributed by atoms with Crippen LogP contribution in [0.2, 0.25) is 0 Å². The third-order valence-corrected chi connectivity index (χ3v) is 3.54. The lowest BCUT2D eigenvalue weighted by atomic mass is 10.1. The van der Waals surface area contributed by atoms with Crippen molar-refractivity contribution in [1.82, 2.24) is 5.32 Å². The van der Waals surface area contributed by atoms with Gasteiger partial charge in [0.25, 0.3) is 5.91 Å². The van der Waals surface area contributed by atoms with Gasteiger partial charge in [-0.1, -0.05) is 0 Å². The quantitative estimate of drug-likeness (QED) is 0.600. The van der Waals surface area contributed by atoms with Gasteiger partial charge in [0, 0.05) is 5.56 Å². The molecule has 106 valence electrons. The summed E-state index contributed by atoms with van der Waals surface area (Å²) in [5.74, 6) is 2.61. The number of anilines is 1. The van der Waals surface area contributed by atoms with E-state index in [2.05, 4.69) is 5.32 Å². The average molecular weight is 297 g/mol. The van der Waals surface area contributed by atoms with Gasteiger partial charge in [-0.3, -0.25) is 10.6 Å². The molecule has 0 bridgehead atoms. The van der Waals surface area contributed by atoms with Crippen molar-refractivity contribution in [3.05, 3.63) is 51.7 Å². The second-order valence-electron chi connectivity index (χ2n) is 4.21. The molecule has 1 aromatic carbocycles. The zero-order valence-electron chi connectivity index (χ0n) is 10.6. The zero-order chi connectivity index (χ0) is 14.7. The van der Waals surface area contributed by atoms with E-state index in [1.165, 1.54) is 11.3 Å². The first kappa shape index (κ1) is 14.4. The maximum Gasteiger partial charge on any atom is 0.251 e. The van der Waals surface area contributed by atoms with Gasteiger partial charge in [0.2, 0.25) is 0 Å². The van der Waals surface area contributed by atoms with Crippen LogP contribution in [-0.2, 0) is 0 Å². The Bertz CT molecular complexity index is 593. The zero-order valence-corrected chi connectivity index (χ0v) is 11.4. The largest absolute Gasteiger partial charge is 0.345 e. The molecule has 0 saturated heterocycles. The van der Waals surface area contributed by atoms with Gasteiger partial charge in [-0.05, 0) is 41.4 Å². The minimum Gasteiger partial charge on any atom is -0.345 e. The number of thiophene rings is 1. The maximum atomic E-state index is 13.5. The van der Waals surface area contributed by atoms with Gasteiger partial charge in [0.05, 0.1) is 6.04 Å². The molecule has 0 aliphatic heterocycles. The predicted octanol–water partition coefficient (Wildman–Crippen LogP) is 2.80. The highest BCUT2D eigenvalue weighted by atomic mass is 32.1. The number of nitrogens with one attached hydrogen (secondary N) is 2. The lowest BCUT2D eigenvalue weighted by Crippen LogP contribution is -2.26. The summed E-state index contributed by atoms with van der Waals surface area (Å²) in [5, 5.41) is 6.46. The molecule has 2 rings (SSSR count). The number of hydrogen-bond acceptors (Lipinski definition) is 4. The predicted molar refractivity (Wildman–Crippen MR) is 74.4 cm³/mol. The molecule has 2 aromatic rings. The summed E-state index contributed by atoms with van der Waals surface area (Å²) in [5.41, 5.74) is 2.29. The molecule has 0 aliphatic carbocycles. The fourth-order valence-electron chi connectivity index (χ4n) is 1.73. The molecule has 20 heavy (non-hydrogen) atoms. The molecule has 0 saturated carbocycles. The van der Waals surface area contributed by atoms with Crippen LogP contribution in [0.4, 0.5) is 14.5 Å². The smallest absolute Gasteiger partial charge is 0.251 e. The maximum absolute atomic E-state index is 13.5. The number of carbonyl (C=O) groups excluding carboxylic acids is 1. The number of nitrogen functional groups attached to an aromatic ring is 1. The lowest BCUT2D eigenvalue weighted by Gasteiger charge is -2.13. The van der Waals surface area contributed by atoms with Crippen LogP contribution >= 0.6 is 11.3 Å². The number of hydrogen-bond donors (Lipinski definition) is 3. The molecule has 4 N–H and O–H groups in total. The highest BCUT2D eigenvalue weighted by Crippen LogP contribution is 2.21. The van der Waals surface area contributed by atoms with E-state index in [0.717, 1.165) is 17.7 Å². The molecule has 7 heteroatoms. The average Bonchev–Trinajstić information content (AvgIpc) is 2.92. The molecule has 0 radical (unpaired) electrons. The summed E-state index contributed by atoms with van der Waals surface area (Å²) in [4.78, 5) is 12.0. The SMILES string of the molecule is CC(NC(=O)c1cc(F)c(NN)c(F)c1)c1ccsc1. The second-order valence-corrected chi connectivity index (χ2v) is 4.99. The number of carbonyl (C=O) groups is 1. The minimum atomic E-state index is -0.916. The lowest BCUT2D eigenvalue weighted by molar-refractivity contribution is 0.0939. The summed E-state index contributed by atoms with van der Waals surface area (Å²) in [6, 6.07) is 3.51. The molecule has 1 aromatic heterocycles. The van der Waals surface area contributed by atoms with Gasteiger partial charge in [-0.15, -0.1) is 0 Å². The van der Waals surface area contributed by atoms with Crippen LogP contribution in [0.1, 0.15) is 28.9 Å². The summed E-state index contributed by atoms with van der Waals surface area (Å²) < 4.78 is 27.0. The Morgan fingerprint density at radius 3 is 2.50 bits per heavy atom. The Morgan fingerprint density at radius 2 is 2.00 bits per heavy atom. The number of rotatable bonds is 4. The Morgan fingerprint density at radius 1 is 1.35 bits per heavy atom. The molecular weight excluding hydrogens is 284 g/mol. The molecular formula is C13H13F2N3OS. The van der Waals surface area contributed by atoms with E-state index < -0.39 is 23.2 Å². The van der Waals surface area contributed by atoms with Crippen molar-refractivity contribution in [1.29, 1.82) is 0 Å². The number of nitrogens with two attached hydrogens (primary N) is 1. The number of benzene rings is 1. The number of halogens is 2. The minimum absolute atomic E-state index is 0.0962. The van der Waals surface area contributed by atoms with E-state index in [-0.39, 0.29) is 11.6 Å². The Kier molecular flexibility index (Phi) is 4.31. The van der Waals surface area contributed by atoms with Crippen molar-refractivity contribution in [3.8, 4) is 0 Å². The number of hydrazine groups is 1. The summed E-state index contributed by atoms with van der Waals surface area (Å²) in [6.07, 6.45) is 0. The highest BCUT2D eigenvalue weighted by molar-refractivity contribution is 7.07. The monoisotopic (exact) mass is 297 g/mol. The molecule has 1 unspecified atom stereocenters. The molecule has 1 atom stereocenters. The first-order valence-electron chi connectivity index (χ1n) is 5.81. The van der Waals surface area contributed by atoms with Gasteiger partial charge >= 0.3 is 0 Å². The van der Waals surface area contributed by atoms with Gasteiger partial charge in [-0.2, -0.15) is 11.3 Å². The summed E-state index contributed by atoms with van der Waals surface area (Å²) >= 11 is 1.51. The van der Waals surface area contributed by atoms with Crippen LogP contribution in [0.15, 0.2) is 29.0 Å². The third kappa shape index (κ3) is 2.94.